The number of aliphatic imine (C=N–C) groups is 1. The van der Waals surface area contributed by atoms with Crippen molar-refractivity contribution in [1.29, 1.82) is 0 Å². The van der Waals surface area contributed by atoms with Crippen LogP contribution in [0.15, 0.2) is 47.7 Å². The number of aryl methyl sites for hydroxylation is 1. The van der Waals surface area contributed by atoms with Gasteiger partial charge in [0.05, 0.1) is 7.11 Å². The van der Waals surface area contributed by atoms with Gasteiger partial charge in [-0.25, -0.2) is 0 Å². The molecule has 2 heterocycles. The van der Waals surface area contributed by atoms with E-state index >= 15 is 0 Å². The topological polar surface area (TPSA) is 66.7 Å². The van der Waals surface area contributed by atoms with Gasteiger partial charge in [-0.15, -0.1) is 0 Å². The van der Waals surface area contributed by atoms with E-state index in [2.05, 4.69) is 45.8 Å². The van der Waals surface area contributed by atoms with Crippen LogP contribution in [0, 0.1) is 5.92 Å². The lowest BCUT2D eigenvalue weighted by Gasteiger charge is -2.19. The summed E-state index contributed by atoms with van der Waals surface area (Å²) in [5.41, 5.74) is 1.23. The number of guanidine groups is 1. The zero-order valence-electron chi connectivity index (χ0n) is 17.0. The Morgan fingerprint density at radius 1 is 1.32 bits per heavy atom. The van der Waals surface area contributed by atoms with Crippen LogP contribution in [0.1, 0.15) is 19.8 Å². The second-order valence-corrected chi connectivity index (χ2v) is 7.07. The van der Waals surface area contributed by atoms with Gasteiger partial charge in [0.2, 0.25) is 0 Å². The van der Waals surface area contributed by atoms with E-state index in [1.165, 1.54) is 12.1 Å². The Hall–Kier alpha value is -2.70. The summed E-state index contributed by atoms with van der Waals surface area (Å²) in [7, 11) is 1.71. The van der Waals surface area contributed by atoms with Crippen molar-refractivity contribution in [3.05, 3.63) is 42.7 Å². The summed E-state index contributed by atoms with van der Waals surface area (Å²) in [6.07, 6.45) is 5.99. The molecule has 0 aliphatic carbocycles. The molecular weight excluding hydrogens is 352 g/mol. The molecular formula is C21H32N6O. The highest BCUT2D eigenvalue weighted by molar-refractivity contribution is 5.79. The number of hydrogen-bond donors (Lipinski definition) is 2. The molecule has 152 valence electrons. The standard InChI is InChI=1S/C21H32N6O/c1-3-22-21(23-10-5-12-27-13-6-11-25-27)24-16-18-9-14-26(17-18)19-7-4-8-20(15-19)28-2/h4,6-8,11,13,15,18H,3,5,9-10,12,14,16-17H2,1-2H3,(H2,22,23,24). The second kappa shape index (κ2) is 10.6. The summed E-state index contributed by atoms with van der Waals surface area (Å²) in [4.78, 5) is 7.24. The van der Waals surface area contributed by atoms with E-state index in [0.29, 0.717) is 5.92 Å². The van der Waals surface area contributed by atoms with Crippen LogP contribution >= 0.6 is 0 Å². The van der Waals surface area contributed by atoms with Gasteiger partial charge in [-0.05, 0) is 43.9 Å². The van der Waals surface area contributed by atoms with Crippen molar-refractivity contribution < 1.29 is 4.74 Å². The number of nitrogens with one attached hydrogen (secondary N) is 2. The largest absolute Gasteiger partial charge is 0.497 e. The minimum atomic E-state index is 0.575. The molecule has 0 saturated carbocycles. The Bertz CT molecular complexity index is 730. The van der Waals surface area contributed by atoms with Gasteiger partial charge in [0.25, 0.3) is 0 Å². The first-order chi connectivity index (χ1) is 13.8. The molecule has 2 aromatic rings. The van der Waals surface area contributed by atoms with Gasteiger partial charge in [0, 0.05) is 63.4 Å². The van der Waals surface area contributed by atoms with E-state index in [9.17, 15) is 0 Å². The Morgan fingerprint density at radius 2 is 2.25 bits per heavy atom. The van der Waals surface area contributed by atoms with Crippen LogP contribution in [-0.4, -0.2) is 55.6 Å². The van der Waals surface area contributed by atoms with Crippen LogP contribution in [0.5, 0.6) is 5.75 Å². The van der Waals surface area contributed by atoms with Crippen molar-refractivity contribution in [3.8, 4) is 5.75 Å². The summed E-state index contributed by atoms with van der Waals surface area (Å²) in [6.45, 7) is 7.71. The molecule has 7 heteroatoms. The minimum Gasteiger partial charge on any atom is -0.497 e. The van der Waals surface area contributed by atoms with Gasteiger partial charge < -0.3 is 20.3 Å². The van der Waals surface area contributed by atoms with Crippen molar-refractivity contribution >= 4 is 11.6 Å². The van der Waals surface area contributed by atoms with Gasteiger partial charge in [0.15, 0.2) is 5.96 Å². The maximum Gasteiger partial charge on any atom is 0.191 e. The zero-order valence-corrected chi connectivity index (χ0v) is 17.0. The van der Waals surface area contributed by atoms with E-state index in [4.69, 9.17) is 9.73 Å². The molecule has 0 amide bonds. The Labute approximate surface area is 167 Å². The highest BCUT2D eigenvalue weighted by atomic mass is 16.5. The second-order valence-electron chi connectivity index (χ2n) is 7.07. The molecule has 0 spiro atoms. The van der Waals surface area contributed by atoms with Gasteiger partial charge in [0.1, 0.15) is 5.75 Å². The van der Waals surface area contributed by atoms with Crippen LogP contribution in [-0.2, 0) is 6.54 Å². The molecule has 1 aromatic heterocycles. The molecule has 1 atom stereocenters. The molecule has 0 bridgehead atoms. The minimum absolute atomic E-state index is 0.575. The third-order valence-corrected chi connectivity index (χ3v) is 4.97. The monoisotopic (exact) mass is 384 g/mol. The average Bonchev–Trinajstić information content (AvgIpc) is 3.41. The van der Waals surface area contributed by atoms with Crippen molar-refractivity contribution in [2.45, 2.75) is 26.3 Å². The molecule has 1 unspecified atom stereocenters. The molecule has 28 heavy (non-hydrogen) atoms. The summed E-state index contributed by atoms with van der Waals surface area (Å²) >= 11 is 0. The Balaban J connectivity index is 1.44. The van der Waals surface area contributed by atoms with E-state index in [1.807, 2.05) is 29.2 Å². The fourth-order valence-electron chi connectivity index (χ4n) is 3.47. The predicted molar refractivity (Wildman–Crippen MR) is 114 cm³/mol. The number of anilines is 1. The van der Waals surface area contributed by atoms with E-state index in [0.717, 1.165) is 57.4 Å². The first kappa shape index (κ1) is 20.0. The van der Waals surface area contributed by atoms with Gasteiger partial charge in [-0.1, -0.05) is 6.07 Å². The van der Waals surface area contributed by atoms with Crippen molar-refractivity contribution in [2.75, 3.05) is 44.7 Å². The van der Waals surface area contributed by atoms with Crippen molar-refractivity contribution in [3.63, 3.8) is 0 Å². The smallest absolute Gasteiger partial charge is 0.191 e. The van der Waals surface area contributed by atoms with Crippen LogP contribution in [0.2, 0.25) is 0 Å². The molecule has 1 aliphatic heterocycles. The highest BCUT2D eigenvalue weighted by Gasteiger charge is 2.22. The van der Waals surface area contributed by atoms with E-state index < -0.39 is 0 Å². The van der Waals surface area contributed by atoms with E-state index in [-0.39, 0.29) is 0 Å². The Kier molecular flexibility index (Phi) is 7.58. The number of hydrogen-bond acceptors (Lipinski definition) is 4. The third-order valence-electron chi connectivity index (χ3n) is 4.97. The van der Waals surface area contributed by atoms with E-state index in [1.54, 1.807) is 7.11 Å². The maximum atomic E-state index is 5.35. The summed E-state index contributed by atoms with van der Waals surface area (Å²) in [6, 6.07) is 10.3. The van der Waals surface area contributed by atoms with Gasteiger partial charge >= 0.3 is 0 Å². The number of methoxy groups -OCH3 is 1. The first-order valence-electron chi connectivity index (χ1n) is 10.2. The molecule has 2 N–H and O–H groups in total. The normalized spacial score (nSPS) is 17.0. The lowest BCUT2D eigenvalue weighted by molar-refractivity contribution is 0.415. The average molecular weight is 385 g/mol. The zero-order chi connectivity index (χ0) is 19.6. The predicted octanol–water partition coefficient (Wildman–Crippen LogP) is 2.36. The highest BCUT2D eigenvalue weighted by Crippen LogP contribution is 2.26. The fourth-order valence-corrected chi connectivity index (χ4v) is 3.47. The maximum absolute atomic E-state index is 5.35. The quantitative estimate of drug-likeness (QED) is 0.395. The SMILES string of the molecule is CCNC(=NCC1CCN(c2cccc(OC)c2)C1)NCCCn1cccn1. The summed E-state index contributed by atoms with van der Waals surface area (Å²) in [5, 5.41) is 11.0. The number of aromatic nitrogens is 2. The lowest BCUT2D eigenvalue weighted by atomic mass is 10.1. The molecule has 1 aromatic carbocycles. The van der Waals surface area contributed by atoms with Crippen molar-refractivity contribution in [2.24, 2.45) is 10.9 Å². The lowest BCUT2D eigenvalue weighted by Crippen LogP contribution is -2.38. The number of ether oxygens (including phenoxy) is 1. The van der Waals surface area contributed by atoms with Crippen molar-refractivity contribution in [1.82, 2.24) is 20.4 Å². The molecule has 1 fully saturated rings. The summed E-state index contributed by atoms with van der Waals surface area (Å²) < 4.78 is 7.30. The summed E-state index contributed by atoms with van der Waals surface area (Å²) in [5.74, 6) is 2.39. The Morgan fingerprint density at radius 3 is 3.04 bits per heavy atom. The van der Waals surface area contributed by atoms with Crippen LogP contribution in [0.3, 0.4) is 0 Å². The van der Waals surface area contributed by atoms with Crippen LogP contribution in [0.4, 0.5) is 5.69 Å². The molecule has 7 nitrogen and oxygen atoms in total. The van der Waals surface area contributed by atoms with Crippen LogP contribution < -0.4 is 20.3 Å². The molecule has 1 aliphatic rings. The van der Waals surface area contributed by atoms with Gasteiger partial charge in [-0.2, -0.15) is 5.10 Å². The van der Waals surface area contributed by atoms with Gasteiger partial charge in [-0.3, -0.25) is 9.67 Å². The number of benzene rings is 1. The first-order valence-corrected chi connectivity index (χ1v) is 10.2. The molecule has 0 radical (unpaired) electrons. The fraction of sp³-hybridized carbons (Fsp3) is 0.524. The number of nitrogens with zero attached hydrogens (tertiary/aromatic N) is 4. The molecule has 3 rings (SSSR count). The third kappa shape index (κ3) is 5.90. The molecule has 1 saturated heterocycles. The number of rotatable bonds is 9. The van der Waals surface area contributed by atoms with Crippen LogP contribution in [0.25, 0.3) is 0 Å².